The summed E-state index contributed by atoms with van der Waals surface area (Å²) in [5.41, 5.74) is 0.715. The van der Waals surface area contributed by atoms with Gasteiger partial charge in [-0.2, -0.15) is 0 Å². The first-order valence-electron chi connectivity index (χ1n) is 6.84. The Morgan fingerprint density at radius 2 is 1.75 bits per heavy atom. The molecule has 0 aromatic heterocycles. The molecule has 0 saturated heterocycles. The fourth-order valence-corrected chi connectivity index (χ4v) is 4.33. The molecule has 1 nitrogen and oxygen atoms in total. The van der Waals surface area contributed by atoms with Crippen LogP contribution < -0.4 is 0 Å². The molecule has 1 unspecified atom stereocenters. The average Bonchev–Trinajstić information content (AvgIpc) is 2.05. The minimum Gasteiger partial charge on any atom is -0.414 e. The summed E-state index contributed by atoms with van der Waals surface area (Å²) in [6.07, 6.45) is 6.20. The van der Waals surface area contributed by atoms with Crippen LogP contribution in [0.15, 0.2) is 0 Å². The van der Waals surface area contributed by atoms with Gasteiger partial charge < -0.3 is 4.43 Å². The van der Waals surface area contributed by atoms with Gasteiger partial charge in [0, 0.05) is 6.10 Å². The molecule has 1 atom stereocenters. The lowest BCUT2D eigenvalue weighted by atomic mass is 9.49. The van der Waals surface area contributed by atoms with E-state index in [4.69, 9.17) is 4.43 Å². The van der Waals surface area contributed by atoms with E-state index in [1.54, 1.807) is 0 Å². The van der Waals surface area contributed by atoms with Gasteiger partial charge in [-0.05, 0) is 55.1 Å². The van der Waals surface area contributed by atoms with Crippen molar-refractivity contribution in [3.63, 3.8) is 0 Å². The van der Waals surface area contributed by atoms with Crippen molar-refractivity contribution in [3.8, 4) is 0 Å². The van der Waals surface area contributed by atoms with Gasteiger partial charge in [-0.1, -0.05) is 27.7 Å². The van der Waals surface area contributed by atoms with E-state index in [9.17, 15) is 0 Å². The van der Waals surface area contributed by atoms with E-state index in [0.717, 1.165) is 5.92 Å². The van der Waals surface area contributed by atoms with Gasteiger partial charge in [-0.3, -0.25) is 0 Å². The lowest BCUT2D eigenvalue weighted by molar-refractivity contribution is -0.116. The normalized spacial score (nSPS) is 39.4. The van der Waals surface area contributed by atoms with Crippen molar-refractivity contribution in [1.29, 1.82) is 0 Å². The van der Waals surface area contributed by atoms with E-state index >= 15 is 0 Å². The van der Waals surface area contributed by atoms with E-state index in [2.05, 4.69) is 40.8 Å². The summed E-state index contributed by atoms with van der Waals surface area (Å²) in [7, 11) is -1.51. The van der Waals surface area contributed by atoms with Crippen LogP contribution in [0.3, 0.4) is 0 Å². The Bertz CT molecular complexity index is 271. The van der Waals surface area contributed by atoms with Crippen LogP contribution in [-0.2, 0) is 4.43 Å². The molecule has 0 bridgehead atoms. The third kappa shape index (κ3) is 1.88. The highest BCUT2D eigenvalue weighted by molar-refractivity contribution is 6.74. The maximum Gasteiger partial charge on any atom is 0.192 e. The van der Waals surface area contributed by atoms with Crippen LogP contribution in [0.4, 0.5) is 0 Å². The van der Waals surface area contributed by atoms with Gasteiger partial charge >= 0.3 is 0 Å². The summed E-state index contributed by atoms with van der Waals surface area (Å²) in [6.45, 7) is 14.2. The summed E-state index contributed by atoms with van der Waals surface area (Å²) in [6, 6.07) is 0. The minimum atomic E-state index is -1.51. The van der Waals surface area contributed by atoms with Crippen molar-refractivity contribution in [2.75, 3.05) is 0 Å². The zero-order valence-corrected chi connectivity index (χ0v) is 12.9. The summed E-state index contributed by atoms with van der Waals surface area (Å²) >= 11 is 0. The number of hydrogen-bond acceptors (Lipinski definition) is 1. The second-order valence-electron chi connectivity index (χ2n) is 7.71. The molecule has 2 fully saturated rings. The molecule has 1 spiro atoms. The van der Waals surface area contributed by atoms with Crippen LogP contribution in [0.5, 0.6) is 0 Å². The zero-order chi connectivity index (χ0) is 12.2. The van der Waals surface area contributed by atoms with Gasteiger partial charge in [0.15, 0.2) is 8.32 Å². The highest BCUT2D eigenvalue weighted by Crippen LogP contribution is 2.61. The molecule has 2 aliphatic carbocycles. The van der Waals surface area contributed by atoms with E-state index < -0.39 is 8.32 Å². The second kappa shape index (κ2) is 3.58. The van der Waals surface area contributed by atoms with Crippen molar-refractivity contribution >= 4 is 8.32 Å². The van der Waals surface area contributed by atoms with Crippen LogP contribution in [0.2, 0.25) is 18.1 Å². The molecule has 0 aliphatic heterocycles. The molecular weight excluding hydrogens is 212 g/mol. The maximum atomic E-state index is 6.46. The minimum absolute atomic E-state index is 0.362. The average molecular weight is 240 g/mol. The van der Waals surface area contributed by atoms with Gasteiger partial charge in [0.25, 0.3) is 0 Å². The fraction of sp³-hybridized carbons (Fsp3) is 1.00. The third-order valence-corrected chi connectivity index (χ3v) is 10.2. The molecule has 2 rings (SSSR count). The Morgan fingerprint density at radius 3 is 2.06 bits per heavy atom. The first-order chi connectivity index (χ1) is 7.16. The Hall–Kier alpha value is 0.177. The summed E-state index contributed by atoms with van der Waals surface area (Å²) in [5.74, 6) is 0.965. The fourth-order valence-electron chi connectivity index (χ4n) is 2.97. The predicted octanol–water partition coefficient (Wildman–Crippen LogP) is 4.59. The topological polar surface area (TPSA) is 9.23 Å². The molecule has 0 aromatic rings. The largest absolute Gasteiger partial charge is 0.414 e. The highest BCUT2D eigenvalue weighted by atomic mass is 28.4. The smallest absolute Gasteiger partial charge is 0.192 e. The van der Waals surface area contributed by atoms with Crippen molar-refractivity contribution in [2.45, 2.75) is 77.6 Å². The molecule has 16 heavy (non-hydrogen) atoms. The molecule has 0 aromatic carbocycles. The van der Waals surface area contributed by atoms with E-state index in [1.165, 1.54) is 25.7 Å². The van der Waals surface area contributed by atoms with E-state index in [-0.39, 0.29) is 0 Å². The van der Waals surface area contributed by atoms with Gasteiger partial charge in [0.2, 0.25) is 0 Å². The monoisotopic (exact) mass is 240 g/mol. The summed E-state index contributed by atoms with van der Waals surface area (Å²) in [5, 5.41) is 0.362. The van der Waals surface area contributed by atoms with Crippen molar-refractivity contribution < 1.29 is 4.43 Å². The summed E-state index contributed by atoms with van der Waals surface area (Å²) < 4.78 is 6.46. The van der Waals surface area contributed by atoms with Gasteiger partial charge in [-0.15, -0.1) is 0 Å². The number of rotatable bonds is 2. The second-order valence-corrected chi connectivity index (χ2v) is 12.5. The van der Waals surface area contributed by atoms with Crippen molar-refractivity contribution in [1.82, 2.24) is 0 Å². The summed E-state index contributed by atoms with van der Waals surface area (Å²) in [4.78, 5) is 0. The molecular formula is C14H28OSi. The Kier molecular flexibility index (Phi) is 2.83. The quantitative estimate of drug-likeness (QED) is 0.642. The van der Waals surface area contributed by atoms with Crippen molar-refractivity contribution in [3.05, 3.63) is 0 Å². The Balaban J connectivity index is 1.86. The first kappa shape index (κ1) is 12.6. The third-order valence-electron chi connectivity index (χ3n) is 5.66. The lowest BCUT2D eigenvalue weighted by Crippen LogP contribution is -2.56. The molecule has 2 aliphatic rings. The van der Waals surface area contributed by atoms with Crippen LogP contribution in [0.25, 0.3) is 0 Å². The Morgan fingerprint density at radius 1 is 1.19 bits per heavy atom. The number of hydrogen-bond donors (Lipinski definition) is 0. The predicted molar refractivity (Wildman–Crippen MR) is 72.1 cm³/mol. The standard InChI is InChI=1S/C14H28OSi/c1-11-7-8-14(11)9-12(10-14)15-16(5,6)13(2,3)4/h11-12H,7-10H2,1-6H3. The molecule has 0 amide bonds. The lowest BCUT2D eigenvalue weighted by Gasteiger charge is -2.60. The molecule has 2 heteroatoms. The van der Waals surface area contributed by atoms with Gasteiger partial charge in [-0.25, -0.2) is 0 Å². The van der Waals surface area contributed by atoms with Crippen molar-refractivity contribution in [2.24, 2.45) is 11.3 Å². The zero-order valence-electron chi connectivity index (χ0n) is 11.9. The van der Waals surface area contributed by atoms with E-state index in [0.29, 0.717) is 16.6 Å². The molecule has 0 heterocycles. The SMILES string of the molecule is CC1CCC12CC(O[Si](C)(C)C(C)(C)C)C2. The van der Waals surface area contributed by atoms with Crippen LogP contribution in [0.1, 0.15) is 53.4 Å². The molecule has 0 radical (unpaired) electrons. The van der Waals surface area contributed by atoms with Crippen LogP contribution in [-0.4, -0.2) is 14.4 Å². The molecule has 0 N–H and O–H groups in total. The molecule has 94 valence electrons. The van der Waals surface area contributed by atoms with Gasteiger partial charge in [0.1, 0.15) is 0 Å². The van der Waals surface area contributed by atoms with Crippen LogP contribution in [0, 0.1) is 11.3 Å². The van der Waals surface area contributed by atoms with Crippen LogP contribution >= 0.6 is 0 Å². The highest BCUT2D eigenvalue weighted by Gasteiger charge is 2.55. The van der Waals surface area contributed by atoms with Gasteiger partial charge in [0.05, 0.1) is 0 Å². The maximum absolute atomic E-state index is 6.46. The molecule has 2 saturated carbocycles. The first-order valence-corrected chi connectivity index (χ1v) is 9.75. The van der Waals surface area contributed by atoms with E-state index in [1.807, 2.05) is 0 Å². The Labute approximate surface area is 102 Å².